The average Bonchev–Trinajstić information content (AvgIpc) is 2.63. The van der Waals surface area contributed by atoms with Gasteiger partial charge in [0.1, 0.15) is 0 Å². The molecule has 1 amide bonds. The first-order valence-corrected chi connectivity index (χ1v) is 8.53. The lowest BCUT2D eigenvalue weighted by atomic mass is 9.79. The monoisotopic (exact) mass is 368 g/mol. The Bertz CT molecular complexity index is 531. The van der Waals surface area contributed by atoms with Crippen LogP contribution < -0.4 is 11.1 Å². The first-order valence-electron chi connectivity index (χ1n) is 7.33. The van der Waals surface area contributed by atoms with Crippen LogP contribution in [0.5, 0.6) is 0 Å². The van der Waals surface area contributed by atoms with Crippen molar-refractivity contribution in [3.63, 3.8) is 0 Å². The minimum atomic E-state index is -0.692. The van der Waals surface area contributed by atoms with Gasteiger partial charge in [-0.25, -0.2) is 0 Å². The van der Waals surface area contributed by atoms with E-state index in [9.17, 15) is 4.79 Å². The fourth-order valence-corrected chi connectivity index (χ4v) is 3.88. The van der Waals surface area contributed by atoms with Crippen molar-refractivity contribution in [3.8, 4) is 0 Å². The zero-order valence-corrected chi connectivity index (χ0v) is 14.6. The Morgan fingerprint density at radius 2 is 1.86 bits per heavy atom. The van der Waals surface area contributed by atoms with E-state index in [1.54, 1.807) is 0 Å². The lowest BCUT2D eigenvalue weighted by Gasteiger charge is -2.30. The summed E-state index contributed by atoms with van der Waals surface area (Å²) in [5, 5.41) is 3.01. The SMILES string of the molecule is Cc1cc(Br)cc(NC(=O)C2(C(N)=S)CCCCCC2)c1. The molecule has 0 aromatic heterocycles. The minimum Gasteiger partial charge on any atom is -0.392 e. The highest BCUT2D eigenvalue weighted by molar-refractivity contribution is 9.10. The zero-order valence-electron chi connectivity index (χ0n) is 12.2. The molecule has 0 radical (unpaired) electrons. The number of carbonyl (C=O) groups is 1. The number of thiocarbonyl (C=S) groups is 1. The first-order chi connectivity index (χ1) is 9.94. The van der Waals surface area contributed by atoms with E-state index in [1.807, 2.05) is 25.1 Å². The minimum absolute atomic E-state index is 0.0607. The highest BCUT2D eigenvalue weighted by atomic mass is 79.9. The van der Waals surface area contributed by atoms with Gasteiger partial charge in [-0.2, -0.15) is 0 Å². The van der Waals surface area contributed by atoms with Crippen molar-refractivity contribution in [1.29, 1.82) is 0 Å². The molecular weight excluding hydrogens is 348 g/mol. The predicted octanol–water partition coefficient (Wildman–Crippen LogP) is 4.32. The normalized spacial score (nSPS) is 17.8. The van der Waals surface area contributed by atoms with Gasteiger partial charge in [0.25, 0.3) is 0 Å². The summed E-state index contributed by atoms with van der Waals surface area (Å²) in [4.78, 5) is 13.1. The Morgan fingerprint density at radius 3 is 2.38 bits per heavy atom. The number of halogens is 1. The molecule has 0 unspecified atom stereocenters. The number of carbonyl (C=O) groups excluding carboxylic acids is 1. The topological polar surface area (TPSA) is 55.1 Å². The van der Waals surface area contributed by atoms with Crippen molar-refractivity contribution in [3.05, 3.63) is 28.2 Å². The van der Waals surface area contributed by atoms with Gasteiger partial charge < -0.3 is 11.1 Å². The molecule has 114 valence electrons. The third kappa shape index (κ3) is 3.83. The number of aryl methyl sites for hydroxylation is 1. The molecular formula is C16H21BrN2OS. The maximum absolute atomic E-state index is 12.8. The molecule has 1 aliphatic rings. The van der Waals surface area contributed by atoms with Crippen LogP contribution in [0.3, 0.4) is 0 Å². The van der Waals surface area contributed by atoms with Gasteiger partial charge in [0, 0.05) is 10.2 Å². The van der Waals surface area contributed by atoms with Crippen LogP contribution in [0.25, 0.3) is 0 Å². The number of hydrogen-bond donors (Lipinski definition) is 2. The van der Waals surface area contributed by atoms with Crippen LogP contribution in [0.1, 0.15) is 44.1 Å². The van der Waals surface area contributed by atoms with Crippen LogP contribution >= 0.6 is 28.1 Å². The van der Waals surface area contributed by atoms with Crippen molar-refractivity contribution in [1.82, 2.24) is 0 Å². The molecule has 1 aromatic rings. The Kier molecular flexibility index (Phi) is 5.38. The fourth-order valence-electron chi connectivity index (χ4n) is 2.98. The Morgan fingerprint density at radius 1 is 1.24 bits per heavy atom. The standard InChI is InChI=1S/C16H21BrN2OS/c1-11-8-12(17)10-13(9-11)19-15(20)16(14(18)21)6-4-2-3-5-7-16/h8-10H,2-7H2,1H3,(H2,18,21)(H,19,20). The molecule has 0 aliphatic heterocycles. The Balaban J connectivity index is 2.24. The number of rotatable bonds is 3. The maximum Gasteiger partial charge on any atom is 0.237 e. The molecule has 2 rings (SSSR count). The molecule has 5 heteroatoms. The number of hydrogen-bond acceptors (Lipinski definition) is 2. The average molecular weight is 369 g/mol. The summed E-state index contributed by atoms with van der Waals surface area (Å²) in [7, 11) is 0. The fraction of sp³-hybridized carbons (Fsp3) is 0.500. The molecule has 0 atom stereocenters. The van der Waals surface area contributed by atoms with E-state index < -0.39 is 5.41 Å². The third-order valence-corrected chi connectivity index (χ3v) is 5.01. The van der Waals surface area contributed by atoms with Crippen molar-refractivity contribution >= 4 is 44.7 Å². The molecule has 1 aliphatic carbocycles. The van der Waals surface area contributed by atoms with Crippen LogP contribution in [0, 0.1) is 12.3 Å². The second kappa shape index (κ2) is 6.88. The van der Waals surface area contributed by atoms with Crippen molar-refractivity contribution < 1.29 is 4.79 Å². The van der Waals surface area contributed by atoms with E-state index in [2.05, 4.69) is 21.2 Å². The molecule has 0 saturated heterocycles. The highest BCUT2D eigenvalue weighted by Gasteiger charge is 2.41. The number of amides is 1. The van der Waals surface area contributed by atoms with E-state index >= 15 is 0 Å². The van der Waals surface area contributed by atoms with Crippen molar-refractivity contribution in [2.45, 2.75) is 45.4 Å². The summed E-state index contributed by atoms with van der Waals surface area (Å²) in [6.45, 7) is 2.00. The number of nitrogens with one attached hydrogen (secondary N) is 1. The van der Waals surface area contributed by atoms with Crippen LogP contribution in [0.4, 0.5) is 5.69 Å². The summed E-state index contributed by atoms with van der Waals surface area (Å²) in [5.74, 6) is -0.0607. The quantitative estimate of drug-likeness (QED) is 0.616. The molecule has 1 fully saturated rings. The van der Waals surface area contributed by atoms with Gasteiger partial charge in [-0.1, -0.05) is 53.8 Å². The van der Waals surface area contributed by atoms with E-state index in [1.165, 1.54) is 0 Å². The summed E-state index contributed by atoms with van der Waals surface area (Å²) in [6, 6.07) is 5.85. The molecule has 0 spiro atoms. The first kappa shape index (κ1) is 16.4. The molecule has 0 bridgehead atoms. The lowest BCUT2D eigenvalue weighted by Crippen LogP contribution is -2.45. The number of anilines is 1. The highest BCUT2D eigenvalue weighted by Crippen LogP contribution is 2.37. The predicted molar refractivity (Wildman–Crippen MR) is 94.4 cm³/mol. The zero-order chi connectivity index (χ0) is 15.5. The lowest BCUT2D eigenvalue weighted by molar-refractivity contribution is -0.122. The summed E-state index contributed by atoms with van der Waals surface area (Å²) in [6.07, 6.45) is 5.80. The van der Waals surface area contributed by atoms with Crippen molar-refractivity contribution in [2.75, 3.05) is 5.32 Å². The van der Waals surface area contributed by atoms with Crippen LogP contribution in [0.15, 0.2) is 22.7 Å². The van der Waals surface area contributed by atoms with E-state index in [4.69, 9.17) is 18.0 Å². The second-order valence-electron chi connectivity index (χ2n) is 5.83. The molecule has 0 heterocycles. The molecule has 3 nitrogen and oxygen atoms in total. The largest absolute Gasteiger partial charge is 0.392 e. The van der Waals surface area contributed by atoms with Gasteiger partial charge in [0.05, 0.1) is 10.4 Å². The number of nitrogens with two attached hydrogens (primary N) is 1. The van der Waals surface area contributed by atoms with E-state index in [0.29, 0.717) is 4.99 Å². The van der Waals surface area contributed by atoms with Gasteiger partial charge >= 0.3 is 0 Å². The second-order valence-corrected chi connectivity index (χ2v) is 7.19. The molecule has 21 heavy (non-hydrogen) atoms. The Labute approximate surface area is 139 Å². The van der Waals surface area contributed by atoms with Crippen LogP contribution in [-0.2, 0) is 4.79 Å². The van der Waals surface area contributed by atoms with Gasteiger partial charge in [-0.3, -0.25) is 4.79 Å². The van der Waals surface area contributed by atoms with Gasteiger partial charge in [0.2, 0.25) is 5.91 Å². The Hall–Kier alpha value is -0.940. The summed E-state index contributed by atoms with van der Waals surface area (Å²) >= 11 is 8.69. The molecule has 1 saturated carbocycles. The molecule has 3 N–H and O–H groups in total. The molecule has 1 aromatic carbocycles. The van der Waals surface area contributed by atoms with E-state index in [-0.39, 0.29) is 5.91 Å². The maximum atomic E-state index is 12.8. The van der Waals surface area contributed by atoms with E-state index in [0.717, 1.165) is 54.2 Å². The van der Waals surface area contributed by atoms with Crippen LogP contribution in [-0.4, -0.2) is 10.9 Å². The smallest absolute Gasteiger partial charge is 0.237 e. The van der Waals surface area contributed by atoms with Crippen LogP contribution in [0.2, 0.25) is 0 Å². The van der Waals surface area contributed by atoms with Gasteiger partial charge in [-0.05, 0) is 43.5 Å². The van der Waals surface area contributed by atoms with Gasteiger partial charge in [0.15, 0.2) is 0 Å². The number of benzene rings is 1. The van der Waals surface area contributed by atoms with Crippen molar-refractivity contribution in [2.24, 2.45) is 11.1 Å². The summed E-state index contributed by atoms with van der Waals surface area (Å²) < 4.78 is 0.947. The van der Waals surface area contributed by atoms with Gasteiger partial charge in [-0.15, -0.1) is 0 Å². The summed E-state index contributed by atoms with van der Waals surface area (Å²) in [5.41, 5.74) is 7.13. The third-order valence-electron chi connectivity index (χ3n) is 4.16.